The molecular weight excluding hydrogens is 884 g/mol. The van der Waals surface area contributed by atoms with Gasteiger partial charge in [-0.05, 0) is 60.7 Å². The van der Waals surface area contributed by atoms with E-state index in [0.717, 1.165) is 45.8 Å². The van der Waals surface area contributed by atoms with Gasteiger partial charge < -0.3 is 30.0 Å². The molecule has 0 spiro atoms. The molecular formula is C32H26CrN12NaO12S2-. The van der Waals surface area contributed by atoms with E-state index in [1.54, 1.807) is 0 Å². The molecule has 2 aromatic heterocycles. The van der Waals surface area contributed by atoms with Gasteiger partial charge >= 0.3 is 29.6 Å². The summed E-state index contributed by atoms with van der Waals surface area (Å²) >= 11 is 0. The van der Waals surface area contributed by atoms with Gasteiger partial charge in [-0.1, -0.05) is 25.2 Å². The Labute approximate surface area is 369 Å². The number of nitrogens with zero attached hydrogens (tertiary/aromatic N) is 10. The summed E-state index contributed by atoms with van der Waals surface area (Å²) in [6.45, 7) is 3.00. The molecule has 0 bridgehead atoms. The van der Waals surface area contributed by atoms with Crippen molar-refractivity contribution in [3.05, 3.63) is 137 Å². The summed E-state index contributed by atoms with van der Waals surface area (Å²) in [5, 5.41) is 74.3. The SMILES string of the molecule is Cc1nn(-c2ccc([N+](=O)[O-])cc2)c(=O)[c-]1N=Nc1cc(S(N)(=O)=O)ccc1O.Cc1nn(-c2ccc([N+](=O)[O-])cc2)c(=O)[c-]1N=Nc1cc(S(N)(=O)=O)ccc1O.[Cr].[Na+]. The second-order valence-electron chi connectivity index (χ2n) is 11.6. The van der Waals surface area contributed by atoms with Gasteiger partial charge in [0.15, 0.2) is 0 Å². The molecule has 60 heavy (non-hydrogen) atoms. The largest absolute Gasteiger partial charge is 1.00 e. The molecule has 0 saturated carbocycles. The maximum absolute atomic E-state index is 12.6. The number of phenols is 2. The van der Waals surface area contributed by atoms with Crippen LogP contribution in [0.25, 0.3) is 11.4 Å². The van der Waals surface area contributed by atoms with Crippen LogP contribution in [0.4, 0.5) is 34.1 Å². The van der Waals surface area contributed by atoms with Crippen molar-refractivity contribution >= 4 is 54.2 Å². The predicted octanol–water partition coefficient (Wildman–Crippen LogP) is 0.874. The summed E-state index contributed by atoms with van der Waals surface area (Å²) in [5.74, 6) is -0.733. The van der Waals surface area contributed by atoms with Crippen molar-refractivity contribution in [2.75, 3.05) is 0 Å². The number of nitro groups is 2. The standard InChI is InChI=1S/2C16H13N6O6S.Cr.Na/c2*1-9-15(19-18-13-8-12(29(17,27)28)6-7-14(13)23)16(24)21(20-9)10-2-4-11(5-3-10)22(25)26;;/h2*2-8,23H,1H3,(H2,17,27,28);;/q2*-1;;+1. The third kappa shape index (κ3) is 11.1. The van der Waals surface area contributed by atoms with E-state index in [9.17, 15) is 56.9 Å². The van der Waals surface area contributed by atoms with Crippen LogP contribution in [-0.2, 0) is 37.4 Å². The number of phenolic OH excluding ortho intramolecular Hbond substituents is 2. The number of aryl methyl sites for hydroxylation is 2. The zero-order valence-electron chi connectivity index (χ0n) is 30.9. The van der Waals surface area contributed by atoms with Gasteiger partial charge in [-0.3, -0.25) is 20.2 Å². The van der Waals surface area contributed by atoms with Gasteiger partial charge in [0.2, 0.25) is 20.0 Å². The number of aromatic nitrogens is 4. The molecule has 24 nitrogen and oxygen atoms in total. The monoisotopic (exact) mass is 909 g/mol. The number of azo groups is 2. The second kappa shape index (κ2) is 19.3. The molecule has 0 atom stereocenters. The fraction of sp³-hybridized carbons (Fsp3) is 0.0625. The predicted molar refractivity (Wildman–Crippen MR) is 201 cm³/mol. The van der Waals surface area contributed by atoms with E-state index in [-0.39, 0.29) is 125 Å². The van der Waals surface area contributed by atoms with Gasteiger partial charge in [0, 0.05) is 41.6 Å². The van der Waals surface area contributed by atoms with Crippen molar-refractivity contribution in [3.63, 3.8) is 0 Å². The minimum Gasteiger partial charge on any atom is -0.506 e. The second-order valence-corrected chi connectivity index (χ2v) is 14.8. The quantitative estimate of drug-likeness (QED) is 0.0487. The first-order valence-corrected chi connectivity index (χ1v) is 18.8. The number of nitrogens with two attached hydrogens (primary N) is 2. The Balaban J connectivity index is 0.000000310. The summed E-state index contributed by atoms with van der Waals surface area (Å²) in [6.07, 6.45) is 0. The third-order valence-electron chi connectivity index (χ3n) is 7.65. The third-order valence-corrected chi connectivity index (χ3v) is 9.47. The molecule has 0 aliphatic rings. The van der Waals surface area contributed by atoms with Gasteiger partial charge in [0.25, 0.3) is 11.4 Å². The van der Waals surface area contributed by atoms with Crippen LogP contribution in [0.2, 0.25) is 0 Å². The molecule has 0 unspecified atom stereocenters. The van der Waals surface area contributed by atoms with E-state index >= 15 is 0 Å². The van der Waals surface area contributed by atoms with Crippen LogP contribution < -0.4 is 51.0 Å². The van der Waals surface area contributed by atoms with Crippen molar-refractivity contribution in [1.82, 2.24) is 19.6 Å². The van der Waals surface area contributed by atoms with Crippen LogP contribution in [0, 0.1) is 34.1 Å². The summed E-state index contributed by atoms with van der Waals surface area (Å²) in [4.78, 5) is 44.9. The van der Waals surface area contributed by atoms with Crippen molar-refractivity contribution in [3.8, 4) is 22.9 Å². The maximum atomic E-state index is 12.6. The minimum absolute atomic E-state index is 0. The van der Waals surface area contributed by atoms with E-state index < -0.39 is 41.0 Å². The minimum atomic E-state index is -4.02. The van der Waals surface area contributed by atoms with Crippen LogP contribution in [0.1, 0.15) is 11.4 Å². The number of hydrogen-bond acceptors (Lipinski definition) is 18. The van der Waals surface area contributed by atoms with Crippen LogP contribution in [0.15, 0.2) is 125 Å². The Morgan fingerprint density at radius 2 is 0.950 bits per heavy atom. The smallest absolute Gasteiger partial charge is 0.506 e. The first-order chi connectivity index (χ1) is 27.1. The normalized spacial score (nSPS) is 11.4. The molecule has 28 heteroatoms. The Hall–Kier alpha value is -6.15. The number of non-ortho nitro benzene ring substituents is 2. The molecule has 0 aliphatic carbocycles. The number of sulfonamides is 2. The molecule has 306 valence electrons. The van der Waals surface area contributed by atoms with Crippen molar-refractivity contribution < 1.29 is 83.8 Å². The molecule has 0 fully saturated rings. The summed E-state index contributed by atoms with van der Waals surface area (Å²) in [6, 6.07) is 16.7. The van der Waals surface area contributed by atoms with Crippen molar-refractivity contribution in [2.24, 2.45) is 30.7 Å². The summed E-state index contributed by atoms with van der Waals surface area (Å²) < 4.78 is 47.7. The fourth-order valence-electron chi connectivity index (χ4n) is 4.74. The number of hydrogen-bond donors (Lipinski definition) is 4. The number of nitro benzene ring substituents is 2. The van der Waals surface area contributed by atoms with Crippen LogP contribution in [0.5, 0.6) is 11.5 Å². The van der Waals surface area contributed by atoms with Gasteiger partial charge in [-0.2, -0.15) is 10.2 Å². The van der Waals surface area contributed by atoms with Crippen LogP contribution in [-0.4, -0.2) is 56.5 Å². The van der Waals surface area contributed by atoms with Crippen LogP contribution >= 0.6 is 0 Å². The van der Waals surface area contributed by atoms with E-state index in [2.05, 4.69) is 30.7 Å². The molecule has 6 aromatic rings. The molecule has 0 saturated heterocycles. The molecule has 6 N–H and O–H groups in total. The first kappa shape index (κ1) is 48.2. The zero-order chi connectivity index (χ0) is 42.7. The van der Waals surface area contributed by atoms with Gasteiger partial charge in [-0.15, -0.1) is 11.4 Å². The van der Waals surface area contributed by atoms with Gasteiger partial charge in [0.05, 0.1) is 31.0 Å². The summed E-state index contributed by atoms with van der Waals surface area (Å²) in [7, 11) is -8.04. The van der Waals surface area contributed by atoms with Crippen molar-refractivity contribution in [1.29, 1.82) is 0 Å². The van der Waals surface area contributed by atoms with Crippen LogP contribution in [0.3, 0.4) is 0 Å². The van der Waals surface area contributed by atoms with Gasteiger partial charge in [0.1, 0.15) is 34.0 Å². The Bertz CT molecular complexity index is 2800. The average Bonchev–Trinajstić information content (AvgIpc) is 3.61. The first-order valence-electron chi connectivity index (χ1n) is 15.7. The summed E-state index contributed by atoms with van der Waals surface area (Å²) in [5.41, 5.74) is -1.33. The number of rotatable bonds is 10. The number of benzene rings is 4. The number of primary sulfonamides is 2. The fourth-order valence-corrected chi connectivity index (χ4v) is 5.80. The van der Waals surface area contributed by atoms with E-state index in [1.165, 1.54) is 62.4 Å². The average molecular weight is 910 g/mol. The molecule has 0 amide bonds. The molecule has 2 heterocycles. The topological polar surface area (TPSA) is 366 Å². The number of aromatic hydroxyl groups is 2. The van der Waals surface area contributed by atoms with Gasteiger partial charge in [-0.25, -0.2) is 46.7 Å². The molecule has 4 aromatic carbocycles. The van der Waals surface area contributed by atoms with Crippen molar-refractivity contribution in [2.45, 2.75) is 23.6 Å². The zero-order valence-corrected chi connectivity index (χ0v) is 35.8. The van der Waals surface area contributed by atoms with E-state index in [0.29, 0.717) is 0 Å². The molecule has 0 aliphatic heterocycles. The Morgan fingerprint density at radius 3 is 1.23 bits per heavy atom. The molecule has 0 radical (unpaired) electrons. The van der Waals surface area contributed by atoms with E-state index in [1.807, 2.05) is 0 Å². The Morgan fingerprint density at radius 1 is 0.633 bits per heavy atom. The van der Waals surface area contributed by atoms with E-state index in [4.69, 9.17) is 10.3 Å². The Kier molecular flexibility index (Phi) is 15.5. The molecule has 6 rings (SSSR count). The maximum Gasteiger partial charge on any atom is 1.00 e.